The van der Waals surface area contributed by atoms with Gasteiger partial charge in [-0.1, -0.05) is 18.2 Å². The number of rotatable bonds is 4. The van der Waals surface area contributed by atoms with Crippen LogP contribution in [0.25, 0.3) is 5.52 Å². The van der Waals surface area contributed by atoms with Crippen molar-refractivity contribution in [1.29, 1.82) is 5.26 Å². The lowest BCUT2D eigenvalue weighted by Crippen LogP contribution is -2.22. The summed E-state index contributed by atoms with van der Waals surface area (Å²) in [7, 11) is -2.35. The Morgan fingerprint density at radius 3 is 2.80 bits per heavy atom. The minimum atomic E-state index is -3.73. The molecule has 8 heteroatoms. The van der Waals surface area contributed by atoms with Crippen LogP contribution < -0.4 is 0 Å². The Morgan fingerprint density at radius 1 is 1.32 bits per heavy atom. The van der Waals surface area contributed by atoms with Crippen LogP contribution in [0.2, 0.25) is 0 Å². The number of benzene rings is 1. The van der Waals surface area contributed by atoms with Crippen molar-refractivity contribution in [3.63, 3.8) is 0 Å². The molecule has 25 heavy (non-hydrogen) atoms. The number of sulfonamides is 1. The van der Waals surface area contributed by atoms with Gasteiger partial charge in [0.25, 0.3) is 10.0 Å². The third-order valence-electron chi connectivity index (χ3n) is 3.76. The van der Waals surface area contributed by atoms with Crippen LogP contribution in [0, 0.1) is 18.3 Å². The van der Waals surface area contributed by atoms with Crippen LogP contribution >= 0.6 is 0 Å². The average molecular weight is 353 g/mol. The van der Waals surface area contributed by atoms with E-state index in [-0.39, 0.29) is 4.90 Å². The topological polar surface area (TPSA) is 90.8 Å². The van der Waals surface area contributed by atoms with Crippen molar-refractivity contribution in [3.05, 3.63) is 65.5 Å². The van der Waals surface area contributed by atoms with Crippen molar-refractivity contribution in [1.82, 2.24) is 14.0 Å². The lowest BCUT2D eigenvalue weighted by Gasteiger charge is -2.15. The molecule has 1 aromatic carbocycles. The first-order valence-corrected chi connectivity index (χ1v) is 8.83. The zero-order chi connectivity index (χ0) is 18.0. The number of hydrazone groups is 1. The largest absolute Gasteiger partial charge is 0.279 e. The van der Waals surface area contributed by atoms with Crippen molar-refractivity contribution in [3.8, 4) is 6.07 Å². The van der Waals surface area contributed by atoms with E-state index in [2.05, 4.69) is 16.3 Å². The second kappa shape index (κ2) is 6.37. The molecule has 3 aromatic rings. The molecule has 0 amide bonds. The van der Waals surface area contributed by atoms with Crippen LogP contribution in [0.5, 0.6) is 0 Å². The molecular formula is C17H15N5O2S. The van der Waals surface area contributed by atoms with Gasteiger partial charge in [-0.05, 0) is 30.7 Å². The molecule has 0 unspecified atom stereocenters. The third-order valence-corrected chi connectivity index (χ3v) is 5.56. The fourth-order valence-corrected chi connectivity index (χ4v) is 3.54. The highest BCUT2D eigenvalue weighted by atomic mass is 32.2. The van der Waals surface area contributed by atoms with Gasteiger partial charge >= 0.3 is 0 Å². The van der Waals surface area contributed by atoms with Gasteiger partial charge in [0.05, 0.1) is 34.5 Å². The molecule has 0 saturated carbocycles. The summed E-state index contributed by atoms with van der Waals surface area (Å²) in [6.45, 7) is 1.74. The Kier molecular flexibility index (Phi) is 4.25. The highest BCUT2D eigenvalue weighted by molar-refractivity contribution is 7.89. The number of nitrogens with zero attached hydrogens (tertiary/aromatic N) is 5. The van der Waals surface area contributed by atoms with E-state index in [1.807, 2.05) is 0 Å². The van der Waals surface area contributed by atoms with E-state index in [4.69, 9.17) is 5.26 Å². The van der Waals surface area contributed by atoms with Gasteiger partial charge in [-0.3, -0.25) is 0 Å². The molecule has 0 spiro atoms. The Hall–Kier alpha value is -3.18. The maximum Gasteiger partial charge on any atom is 0.279 e. The van der Waals surface area contributed by atoms with Gasteiger partial charge in [0.2, 0.25) is 0 Å². The summed E-state index contributed by atoms with van der Waals surface area (Å²) in [6, 6.07) is 12.1. The molecule has 3 rings (SSSR count). The minimum Gasteiger partial charge on any atom is -0.240 e. The summed E-state index contributed by atoms with van der Waals surface area (Å²) in [6.07, 6.45) is 4.65. The molecule has 0 aliphatic rings. The fourth-order valence-electron chi connectivity index (χ4n) is 2.36. The SMILES string of the molecule is Cc1ccccc1S(=O)(=O)N(C)N=Cc1cnn2ccc(C#N)cc12. The predicted molar refractivity (Wildman–Crippen MR) is 93.6 cm³/mol. The first kappa shape index (κ1) is 16.7. The zero-order valence-electron chi connectivity index (χ0n) is 13.7. The van der Waals surface area contributed by atoms with Crippen LogP contribution in [0.4, 0.5) is 0 Å². The highest BCUT2D eigenvalue weighted by Crippen LogP contribution is 2.19. The average Bonchev–Trinajstić information content (AvgIpc) is 3.01. The number of aromatic nitrogens is 2. The molecule has 0 atom stereocenters. The van der Waals surface area contributed by atoms with Gasteiger partial charge in [-0.2, -0.15) is 28.3 Å². The Bertz CT molecular complexity index is 1110. The molecule has 0 fully saturated rings. The summed E-state index contributed by atoms with van der Waals surface area (Å²) in [5.41, 5.74) is 2.43. The second-order valence-corrected chi connectivity index (χ2v) is 7.32. The molecule has 0 N–H and O–H groups in total. The van der Waals surface area contributed by atoms with E-state index >= 15 is 0 Å². The van der Waals surface area contributed by atoms with Gasteiger partial charge in [0.1, 0.15) is 0 Å². The standard InChI is InChI=1S/C17H15N5O2S/c1-13-5-3-4-6-17(13)25(23,24)21(2)19-11-15-12-20-22-8-7-14(10-18)9-16(15)22/h3-9,11-12H,1-2H3. The Morgan fingerprint density at radius 2 is 2.08 bits per heavy atom. The maximum atomic E-state index is 12.6. The van der Waals surface area contributed by atoms with Crippen molar-refractivity contribution in [2.45, 2.75) is 11.8 Å². The van der Waals surface area contributed by atoms with Crippen LogP contribution in [0.3, 0.4) is 0 Å². The van der Waals surface area contributed by atoms with Crippen LogP contribution in [0.15, 0.2) is 58.8 Å². The van der Waals surface area contributed by atoms with E-state index in [0.29, 0.717) is 22.2 Å². The fraction of sp³-hybridized carbons (Fsp3) is 0.118. The van der Waals surface area contributed by atoms with E-state index in [9.17, 15) is 8.42 Å². The lowest BCUT2D eigenvalue weighted by atomic mass is 10.2. The van der Waals surface area contributed by atoms with Crippen LogP contribution in [-0.4, -0.2) is 35.7 Å². The molecule has 126 valence electrons. The second-order valence-electron chi connectivity index (χ2n) is 5.41. The third kappa shape index (κ3) is 3.09. The first-order chi connectivity index (χ1) is 11.9. The first-order valence-electron chi connectivity index (χ1n) is 7.39. The van der Waals surface area contributed by atoms with Crippen LogP contribution in [-0.2, 0) is 10.0 Å². The quantitative estimate of drug-likeness (QED) is 0.531. The summed E-state index contributed by atoms with van der Waals surface area (Å²) >= 11 is 0. The number of pyridine rings is 1. The summed E-state index contributed by atoms with van der Waals surface area (Å²) in [5, 5.41) is 17.2. The number of aryl methyl sites for hydroxylation is 1. The summed E-state index contributed by atoms with van der Waals surface area (Å²) in [5.74, 6) is 0. The van der Waals surface area contributed by atoms with Crippen molar-refractivity contribution in [2.75, 3.05) is 7.05 Å². The van der Waals surface area contributed by atoms with Gasteiger partial charge < -0.3 is 0 Å². The van der Waals surface area contributed by atoms with E-state index < -0.39 is 10.0 Å². The Balaban J connectivity index is 1.94. The predicted octanol–water partition coefficient (Wildman–Crippen LogP) is 2.17. The highest BCUT2D eigenvalue weighted by Gasteiger charge is 2.21. The van der Waals surface area contributed by atoms with Crippen molar-refractivity contribution >= 4 is 21.8 Å². The van der Waals surface area contributed by atoms with E-state index in [1.165, 1.54) is 13.3 Å². The van der Waals surface area contributed by atoms with Crippen molar-refractivity contribution < 1.29 is 8.42 Å². The van der Waals surface area contributed by atoms with Gasteiger partial charge in [0.15, 0.2) is 0 Å². The molecule has 0 saturated heterocycles. The number of hydrogen-bond acceptors (Lipinski definition) is 5. The lowest BCUT2D eigenvalue weighted by molar-refractivity contribution is 0.490. The monoisotopic (exact) mass is 353 g/mol. The molecule has 7 nitrogen and oxygen atoms in total. The molecule has 0 aliphatic carbocycles. The smallest absolute Gasteiger partial charge is 0.240 e. The van der Waals surface area contributed by atoms with E-state index in [1.54, 1.807) is 60.2 Å². The van der Waals surface area contributed by atoms with Gasteiger partial charge in [0, 0.05) is 18.8 Å². The zero-order valence-corrected chi connectivity index (χ0v) is 14.5. The normalized spacial score (nSPS) is 11.7. The molecule has 0 bridgehead atoms. The molecular weight excluding hydrogens is 338 g/mol. The minimum absolute atomic E-state index is 0.210. The Labute approximate surface area is 145 Å². The van der Waals surface area contributed by atoms with Gasteiger partial charge in [-0.15, -0.1) is 0 Å². The van der Waals surface area contributed by atoms with Gasteiger partial charge in [-0.25, -0.2) is 4.52 Å². The molecule has 0 aliphatic heterocycles. The van der Waals surface area contributed by atoms with E-state index in [0.717, 1.165) is 4.41 Å². The number of nitriles is 1. The molecule has 2 heterocycles. The number of hydrogen-bond donors (Lipinski definition) is 0. The summed E-state index contributed by atoms with van der Waals surface area (Å²) in [4.78, 5) is 0.210. The maximum absolute atomic E-state index is 12.6. The molecule has 2 aromatic heterocycles. The summed E-state index contributed by atoms with van der Waals surface area (Å²) < 4.78 is 27.8. The van der Waals surface area contributed by atoms with Crippen molar-refractivity contribution in [2.24, 2.45) is 5.10 Å². The molecule has 0 radical (unpaired) electrons. The number of fused-ring (bicyclic) bond motifs is 1. The van der Waals surface area contributed by atoms with Crippen LogP contribution in [0.1, 0.15) is 16.7 Å².